The molecular formula is C22H41NO2Si4. The second-order valence-electron chi connectivity index (χ2n) is 10.8. The molecule has 0 aliphatic rings. The van der Waals surface area contributed by atoms with Crippen LogP contribution in [0, 0.1) is 0 Å². The predicted molar refractivity (Wildman–Crippen MR) is 137 cm³/mol. The van der Waals surface area contributed by atoms with Gasteiger partial charge in [0, 0.05) is 12.8 Å². The van der Waals surface area contributed by atoms with Crippen LogP contribution >= 0.6 is 0 Å². The molecule has 0 unspecified atom stereocenters. The van der Waals surface area contributed by atoms with Crippen LogP contribution in [-0.4, -0.2) is 48.9 Å². The molecule has 0 saturated heterocycles. The van der Waals surface area contributed by atoms with Crippen molar-refractivity contribution in [2.75, 3.05) is 6.54 Å². The Hall–Kier alpha value is -0.322. The van der Waals surface area contributed by atoms with Crippen molar-refractivity contribution in [1.29, 1.82) is 0 Å². The fourth-order valence-corrected chi connectivity index (χ4v) is 12.3. The standard InChI is InChI=1S/C22H41NO2Si4/c1-12-15-23-17-18-13-14-19(28(8,9)24-26-21(2,3)4)20(16-18)29(10,11)25-27-22(5,6)7/h13-14,16-17H,12,15H2,1-11H3. The Labute approximate surface area is 187 Å². The zero-order valence-corrected chi connectivity index (χ0v) is 24.5. The first-order chi connectivity index (χ1) is 13.1. The molecule has 1 rings (SSSR count). The molecule has 0 atom stereocenters. The molecule has 0 fully saturated rings. The Morgan fingerprint density at radius 2 is 1.34 bits per heavy atom. The van der Waals surface area contributed by atoms with Gasteiger partial charge >= 0.3 is 0 Å². The Bertz CT molecular complexity index is 689. The van der Waals surface area contributed by atoms with Gasteiger partial charge in [-0.05, 0) is 58.6 Å². The van der Waals surface area contributed by atoms with Gasteiger partial charge in [0.2, 0.25) is 36.2 Å². The number of aliphatic imine (C=N–C) groups is 1. The van der Waals surface area contributed by atoms with Gasteiger partial charge in [-0.2, -0.15) is 0 Å². The fourth-order valence-electron chi connectivity index (χ4n) is 2.64. The molecule has 0 aliphatic carbocycles. The summed E-state index contributed by atoms with van der Waals surface area (Å²) >= 11 is 0. The van der Waals surface area contributed by atoms with Gasteiger partial charge in [-0.1, -0.05) is 66.7 Å². The van der Waals surface area contributed by atoms with E-state index in [1.807, 2.05) is 6.21 Å². The average Bonchev–Trinajstić information content (AvgIpc) is 2.57. The van der Waals surface area contributed by atoms with E-state index in [4.69, 9.17) is 8.23 Å². The SMILES string of the molecule is CCCN=Cc1ccc([Si](C)(C)O[Si]C(C)(C)C)c([Si](C)(C)O[Si]C(C)(C)C)c1. The van der Waals surface area contributed by atoms with Crippen LogP contribution in [0.3, 0.4) is 0 Å². The Morgan fingerprint density at radius 1 is 0.862 bits per heavy atom. The second kappa shape index (κ2) is 10.3. The smallest absolute Gasteiger partial charge is 0.221 e. The molecule has 162 valence electrons. The predicted octanol–water partition coefficient (Wildman–Crippen LogP) is 5.05. The lowest BCUT2D eigenvalue weighted by molar-refractivity contribution is 0.547. The van der Waals surface area contributed by atoms with E-state index in [9.17, 15) is 0 Å². The van der Waals surface area contributed by atoms with E-state index in [1.54, 1.807) is 0 Å². The molecule has 0 amide bonds. The minimum absolute atomic E-state index is 0.182. The first-order valence-corrected chi connectivity index (χ1v) is 18.3. The van der Waals surface area contributed by atoms with Crippen molar-refractivity contribution in [2.24, 2.45) is 4.99 Å². The maximum absolute atomic E-state index is 6.63. The van der Waals surface area contributed by atoms with Crippen LogP contribution in [0.15, 0.2) is 23.2 Å². The van der Waals surface area contributed by atoms with Crippen molar-refractivity contribution in [3.8, 4) is 0 Å². The van der Waals surface area contributed by atoms with E-state index in [0.717, 1.165) is 13.0 Å². The van der Waals surface area contributed by atoms with Crippen LogP contribution in [0.1, 0.15) is 60.5 Å². The number of hydrogen-bond donors (Lipinski definition) is 0. The van der Waals surface area contributed by atoms with Crippen molar-refractivity contribution >= 4 is 52.7 Å². The van der Waals surface area contributed by atoms with Crippen molar-refractivity contribution in [2.45, 2.75) is 91.2 Å². The molecule has 1 aromatic carbocycles. The molecule has 1 aromatic rings. The van der Waals surface area contributed by atoms with Crippen LogP contribution in [0.2, 0.25) is 36.3 Å². The molecule has 7 heteroatoms. The molecule has 0 bridgehead atoms. The van der Waals surface area contributed by atoms with E-state index >= 15 is 0 Å². The number of hydrogen-bond acceptors (Lipinski definition) is 3. The normalized spacial score (nSPS) is 14.0. The van der Waals surface area contributed by atoms with Crippen LogP contribution in [0.25, 0.3) is 0 Å². The molecule has 0 spiro atoms. The van der Waals surface area contributed by atoms with Gasteiger partial charge in [-0.25, -0.2) is 0 Å². The zero-order chi connectivity index (χ0) is 22.5. The van der Waals surface area contributed by atoms with Gasteiger partial charge in [-0.3, -0.25) is 4.99 Å². The molecule has 29 heavy (non-hydrogen) atoms. The van der Waals surface area contributed by atoms with Crippen LogP contribution in [0.5, 0.6) is 0 Å². The summed E-state index contributed by atoms with van der Waals surface area (Å²) in [5, 5.41) is 3.14. The number of rotatable bonds is 9. The third-order valence-corrected chi connectivity index (χ3v) is 14.0. The molecule has 4 radical (unpaired) electrons. The Kier molecular flexibility index (Phi) is 9.51. The highest BCUT2D eigenvalue weighted by Gasteiger charge is 2.37. The third kappa shape index (κ3) is 9.57. The molecule has 0 heterocycles. The third-order valence-electron chi connectivity index (χ3n) is 4.16. The summed E-state index contributed by atoms with van der Waals surface area (Å²) in [5.41, 5.74) is 1.17. The molecule has 0 saturated carbocycles. The first kappa shape index (κ1) is 26.7. The second-order valence-corrected chi connectivity index (χ2v) is 22.9. The quantitative estimate of drug-likeness (QED) is 0.379. The van der Waals surface area contributed by atoms with Crippen LogP contribution < -0.4 is 10.4 Å². The van der Waals surface area contributed by atoms with Gasteiger partial charge in [0.05, 0.1) is 0 Å². The number of nitrogens with zero attached hydrogens (tertiary/aromatic N) is 1. The van der Waals surface area contributed by atoms with Crippen molar-refractivity contribution < 1.29 is 8.23 Å². The van der Waals surface area contributed by atoms with Crippen molar-refractivity contribution in [3.63, 3.8) is 0 Å². The van der Waals surface area contributed by atoms with E-state index in [2.05, 4.69) is 97.8 Å². The lowest BCUT2D eigenvalue weighted by Crippen LogP contribution is -2.62. The Balaban J connectivity index is 3.36. The summed E-state index contributed by atoms with van der Waals surface area (Å²) in [6, 6.07) is 6.82. The van der Waals surface area contributed by atoms with Gasteiger partial charge < -0.3 is 8.23 Å². The molecule has 0 aliphatic heterocycles. The van der Waals surface area contributed by atoms with Gasteiger partial charge in [-0.15, -0.1) is 0 Å². The largest absolute Gasteiger partial charge is 0.452 e. The van der Waals surface area contributed by atoms with E-state index in [-0.39, 0.29) is 10.1 Å². The zero-order valence-electron chi connectivity index (χ0n) is 20.5. The topological polar surface area (TPSA) is 30.8 Å². The highest BCUT2D eigenvalue weighted by molar-refractivity contribution is 6.96. The molecule has 3 nitrogen and oxygen atoms in total. The van der Waals surface area contributed by atoms with Crippen LogP contribution in [-0.2, 0) is 8.23 Å². The van der Waals surface area contributed by atoms with Gasteiger partial charge in [0.25, 0.3) is 0 Å². The van der Waals surface area contributed by atoms with Gasteiger partial charge in [0.1, 0.15) is 0 Å². The summed E-state index contributed by atoms with van der Waals surface area (Å²) in [4.78, 5) is 4.56. The Morgan fingerprint density at radius 3 is 1.79 bits per heavy atom. The number of benzene rings is 1. The van der Waals surface area contributed by atoms with Crippen LogP contribution in [0.4, 0.5) is 0 Å². The first-order valence-electron chi connectivity index (χ1n) is 10.6. The van der Waals surface area contributed by atoms with E-state index in [1.165, 1.54) is 15.9 Å². The maximum Gasteiger partial charge on any atom is 0.221 e. The average molecular weight is 464 g/mol. The summed E-state index contributed by atoms with van der Waals surface area (Å²) in [6.07, 6.45) is 3.08. The van der Waals surface area contributed by atoms with Crippen molar-refractivity contribution in [1.82, 2.24) is 0 Å². The summed E-state index contributed by atoms with van der Waals surface area (Å²) in [6.45, 7) is 25.8. The molecule has 0 aromatic heterocycles. The monoisotopic (exact) mass is 463 g/mol. The lowest BCUT2D eigenvalue weighted by atomic mass is 10.2. The molecular weight excluding hydrogens is 423 g/mol. The summed E-state index contributed by atoms with van der Waals surface area (Å²) < 4.78 is 13.2. The molecule has 0 N–H and O–H groups in total. The van der Waals surface area contributed by atoms with Crippen molar-refractivity contribution in [3.05, 3.63) is 23.8 Å². The lowest BCUT2D eigenvalue weighted by Gasteiger charge is -2.35. The highest BCUT2D eigenvalue weighted by atomic mass is 28.4. The minimum atomic E-state index is -2.09. The fraction of sp³-hybridized carbons (Fsp3) is 0.682. The minimum Gasteiger partial charge on any atom is -0.452 e. The maximum atomic E-state index is 6.63. The van der Waals surface area contributed by atoms with Gasteiger partial charge in [0.15, 0.2) is 0 Å². The highest BCUT2D eigenvalue weighted by Crippen LogP contribution is 2.24. The summed E-state index contributed by atoms with van der Waals surface area (Å²) in [5.74, 6) is 0. The van der Waals surface area contributed by atoms with E-state index < -0.39 is 16.6 Å². The summed E-state index contributed by atoms with van der Waals surface area (Å²) in [7, 11) is -3.15. The van der Waals surface area contributed by atoms with E-state index in [0.29, 0.717) is 19.5 Å².